The molecule has 1 rings (SSSR count). The van der Waals surface area contributed by atoms with Gasteiger partial charge in [0, 0.05) is 5.56 Å². The molecular formula is C11H12O2. The molecular weight excluding hydrogens is 164 g/mol. The van der Waals surface area contributed by atoms with Gasteiger partial charge in [-0.1, -0.05) is 19.2 Å². The molecule has 1 aromatic carbocycles. The van der Waals surface area contributed by atoms with Gasteiger partial charge in [0.2, 0.25) is 0 Å². The molecule has 0 aliphatic rings. The molecule has 68 valence electrons. The fourth-order valence-electron chi connectivity index (χ4n) is 1.10. The van der Waals surface area contributed by atoms with Crippen LogP contribution in [0.3, 0.4) is 0 Å². The van der Waals surface area contributed by atoms with E-state index in [4.69, 9.17) is 5.11 Å². The predicted octanol–water partition coefficient (Wildman–Crippen LogP) is 2.87. The fourth-order valence-corrected chi connectivity index (χ4v) is 1.10. The highest BCUT2D eigenvalue weighted by molar-refractivity contribution is 5.66. The number of hydrogen-bond donors (Lipinski definition) is 2. The Morgan fingerprint density at radius 3 is 2.54 bits per heavy atom. The normalized spacial score (nSPS) is 9.62. The van der Waals surface area contributed by atoms with Crippen molar-refractivity contribution in [1.82, 2.24) is 0 Å². The zero-order valence-electron chi connectivity index (χ0n) is 7.54. The molecule has 0 heterocycles. The van der Waals surface area contributed by atoms with Crippen molar-refractivity contribution in [3.63, 3.8) is 0 Å². The van der Waals surface area contributed by atoms with Crippen molar-refractivity contribution >= 4 is 11.8 Å². The molecule has 2 heteroatoms. The number of phenolic OH excluding ortho intramolecular Hbond substituents is 1. The lowest BCUT2D eigenvalue weighted by Gasteiger charge is -2.06. The van der Waals surface area contributed by atoms with Crippen LogP contribution in [-0.2, 0) is 0 Å². The van der Waals surface area contributed by atoms with Gasteiger partial charge in [0.05, 0.1) is 0 Å². The topological polar surface area (TPSA) is 40.5 Å². The molecule has 0 saturated carbocycles. The Bertz CT molecular complexity index is 365. The summed E-state index contributed by atoms with van der Waals surface area (Å²) in [7, 11) is 0. The third-order valence-corrected chi connectivity index (χ3v) is 1.97. The average Bonchev–Trinajstić information content (AvgIpc) is 2.09. The first kappa shape index (κ1) is 9.39. The lowest BCUT2D eigenvalue weighted by molar-refractivity contribution is 0.468. The van der Waals surface area contributed by atoms with Gasteiger partial charge < -0.3 is 10.2 Å². The van der Waals surface area contributed by atoms with E-state index in [0.717, 1.165) is 11.1 Å². The van der Waals surface area contributed by atoms with Gasteiger partial charge >= 0.3 is 0 Å². The minimum Gasteiger partial charge on any atom is -0.508 e. The Hall–Kier alpha value is -1.70. The largest absolute Gasteiger partial charge is 0.508 e. The molecule has 0 saturated heterocycles. The summed E-state index contributed by atoms with van der Waals surface area (Å²) in [6, 6.07) is 3.20. The molecule has 0 spiro atoms. The molecule has 0 fully saturated rings. The number of benzene rings is 1. The van der Waals surface area contributed by atoms with E-state index in [1.165, 1.54) is 6.07 Å². The van der Waals surface area contributed by atoms with E-state index in [9.17, 15) is 5.11 Å². The second kappa shape index (κ2) is 3.35. The maximum atomic E-state index is 9.46. The van der Waals surface area contributed by atoms with Crippen LogP contribution in [0.5, 0.6) is 5.75 Å². The van der Waals surface area contributed by atoms with Crippen LogP contribution in [0.4, 0.5) is 0 Å². The summed E-state index contributed by atoms with van der Waals surface area (Å²) in [6.45, 7) is 8.78. The second-order valence-electron chi connectivity index (χ2n) is 2.86. The van der Waals surface area contributed by atoms with Gasteiger partial charge in [0.25, 0.3) is 0 Å². The monoisotopic (exact) mass is 176 g/mol. The van der Waals surface area contributed by atoms with Crippen molar-refractivity contribution in [3.8, 4) is 5.75 Å². The molecule has 0 aliphatic carbocycles. The van der Waals surface area contributed by atoms with Crippen LogP contribution >= 0.6 is 0 Å². The van der Waals surface area contributed by atoms with Gasteiger partial charge in [-0.2, -0.15) is 0 Å². The summed E-state index contributed by atoms with van der Waals surface area (Å²) in [6.07, 6.45) is 1.63. The van der Waals surface area contributed by atoms with Crippen molar-refractivity contribution in [2.45, 2.75) is 6.92 Å². The van der Waals surface area contributed by atoms with Crippen LogP contribution in [0, 0.1) is 6.92 Å². The Morgan fingerprint density at radius 1 is 1.46 bits per heavy atom. The highest BCUT2D eigenvalue weighted by atomic mass is 16.3. The van der Waals surface area contributed by atoms with Crippen molar-refractivity contribution in [2.75, 3.05) is 0 Å². The first-order chi connectivity index (χ1) is 6.06. The summed E-state index contributed by atoms with van der Waals surface area (Å²) >= 11 is 0. The molecule has 2 nitrogen and oxygen atoms in total. The molecule has 0 aliphatic heterocycles. The molecule has 0 aromatic heterocycles. The summed E-state index contributed by atoms with van der Waals surface area (Å²) in [5, 5.41) is 18.6. The summed E-state index contributed by atoms with van der Waals surface area (Å²) in [4.78, 5) is 0. The van der Waals surface area contributed by atoms with E-state index >= 15 is 0 Å². The van der Waals surface area contributed by atoms with Gasteiger partial charge in [0.1, 0.15) is 11.5 Å². The molecule has 0 atom stereocenters. The van der Waals surface area contributed by atoms with Crippen molar-refractivity contribution in [3.05, 3.63) is 42.0 Å². The number of phenols is 1. The standard InChI is InChI=1S/C11H12O2/c1-4-9-5-10(8(3)12)6-11(13)7(9)2/h4-6,12-13H,1,3H2,2H3. The van der Waals surface area contributed by atoms with Crippen molar-refractivity contribution in [2.24, 2.45) is 0 Å². The molecule has 0 amide bonds. The highest BCUT2D eigenvalue weighted by Gasteiger charge is 2.05. The van der Waals surface area contributed by atoms with E-state index in [-0.39, 0.29) is 11.5 Å². The number of rotatable bonds is 2. The maximum Gasteiger partial charge on any atom is 0.119 e. The molecule has 2 N–H and O–H groups in total. The Kier molecular flexibility index (Phi) is 2.42. The number of aromatic hydroxyl groups is 1. The van der Waals surface area contributed by atoms with E-state index in [1.807, 2.05) is 0 Å². The predicted molar refractivity (Wildman–Crippen MR) is 54.6 cm³/mol. The molecule has 1 aromatic rings. The number of aliphatic hydroxyl groups excluding tert-OH is 1. The van der Waals surface area contributed by atoms with E-state index in [2.05, 4.69) is 13.2 Å². The average molecular weight is 176 g/mol. The summed E-state index contributed by atoms with van der Waals surface area (Å²) in [5.41, 5.74) is 2.06. The number of aliphatic hydroxyl groups is 1. The minimum atomic E-state index is -0.0570. The Balaban J connectivity index is 3.38. The molecule has 13 heavy (non-hydrogen) atoms. The van der Waals surface area contributed by atoms with Gasteiger partial charge in [0.15, 0.2) is 0 Å². The Morgan fingerprint density at radius 2 is 2.08 bits per heavy atom. The van der Waals surface area contributed by atoms with Crippen LogP contribution in [0.1, 0.15) is 16.7 Å². The van der Waals surface area contributed by atoms with E-state index in [1.54, 1.807) is 19.1 Å². The van der Waals surface area contributed by atoms with Crippen LogP contribution in [0.2, 0.25) is 0 Å². The third-order valence-electron chi connectivity index (χ3n) is 1.97. The van der Waals surface area contributed by atoms with E-state index < -0.39 is 0 Å². The first-order valence-corrected chi connectivity index (χ1v) is 3.90. The lowest BCUT2D eigenvalue weighted by atomic mass is 10.0. The maximum absolute atomic E-state index is 9.46. The Labute approximate surface area is 77.5 Å². The lowest BCUT2D eigenvalue weighted by Crippen LogP contribution is -1.87. The molecule has 0 unspecified atom stereocenters. The van der Waals surface area contributed by atoms with Crippen LogP contribution in [0.15, 0.2) is 25.3 Å². The quantitative estimate of drug-likeness (QED) is 0.680. The minimum absolute atomic E-state index is 0.0570. The van der Waals surface area contributed by atoms with Crippen molar-refractivity contribution in [1.29, 1.82) is 0 Å². The van der Waals surface area contributed by atoms with E-state index in [0.29, 0.717) is 5.56 Å². The summed E-state index contributed by atoms with van der Waals surface area (Å²) in [5.74, 6) is 0.0843. The van der Waals surface area contributed by atoms with Gasteiger partial charge in [-0.15, -0.1) is 0 Å². The zero-order valence-corrected chi connectivity index (χ0v) is 7.54. The number of hydrogen-bond acceptors (Lipinski definition) is 2. The molecule has 0 bridgehead atoms. The SMILES string of the molecule is C=Cc1cc(C(=C)O)cc(O)c1C. The van der Waals surface area contributed by atoms with Gasteiger partial charge in [-0.05, 0) is 30.2 Å². The van der Waals surface area contributed by atoms with Crippen LogP contribution < -0.4 is 0 Å². The smallest absolute Gasteiger partial charge is 0.119 e. The van der Waals surface area contributed by atoms with Crippen molar-refractivity contribution < 1.29 is 10.2 Å². The first-order valence-electron chi connectivity index (χ1n) is 3.90. The third kappa shape index (κ3) is 1.72. The molecule has 0 radical (unpaired) electrons. The highest BCUT2D eigenvalue weighted by Crippen LogP contribution is 2.25. The fraction of sp³-hybridized carbons (Fsp3) is 0.0909. The van der Waals surface area contributed by atoms with Gasteiger partial charge in [-0.25, -0.2) is 0 Å². The summed E-state index contributed by atoms with van der Waals surface area (Å²) < 4.78 is 0. The van der Waals surface area contributed by atoms with Crippen LogP contribution in [0.25, 0.3) is 11.8 Å². The zero-order chi connectivity index (χ0) is 10.0. The second-order valence-corrected chi connectivity index (χ2v) is 2.86. The van der Waals surface area contributed by atoms with Gasteiger partial charge in [-0.3, -0.25) is 0 Å². The van der Waals surface area contributed by atoms with Crippen LogP contribution in [-0.4, -0.2) is 10.2 Å².